The van der Waals surface area contributed by atoms with Crippen molar-refractivity contribution in [2.24, 2.45) is 5.92 Å². The molecule has 0 aromatic carbocycles. The van der Waals surface area contributed by atoms with Gasteiger partial charge in [-0.2, -0.15) is 0 Å². The first-order valence-electron chi connectivity index (χ1n) is 5.56. The van der Waals surface area contributed by atoms with Gasteiger partial charge in [0, 0.05) is 27.2 Å². The van der Waals surface area contributed by atoms with Gasteiger partial charge < -0.3 is 18.0 Å². The Morgan fingerprint density at radius 3 is 2.31 bits per heavy atom. The number of rotatable bonds is 3. The lowest BCUT2D eigenvalue weighted by Crippen LogP contribution is -2.41. The van der Waals surface area contributed by atoms with E-state index >= 15 is 0 Å². The van der Waals surface area contributed by atoms with E-state index in [9.17, 15) is 0 Å². The van der Waals surface area contributed by atoms with Gasteiger partial charge in [0.1, 0.15) is 0 Å². The zero-order valence-electron chi connectivity index (χ0n) is 9.99. The van der Waals surface area contributed by atoms with Gasteiger partial charge in [-0.15, -0.1) is 0 Å². The molecule has 0 amide bonds. The molecule has 2 aliphatic rings. The lowest BCUT2D eigenvalue weighted by Gasteiger charge is -2.18. The van der Waals surface area contributed by atoms with Crippen LogP contribution in [0.25, 0.3) is 0 Å². The van der Waals surface area contributed by atoms with Crippen LogP contribution in [0.15, 0.2) is 0 Å². The second-order valence-corrected chi connectivity index (χ2v) is 6.75. The lowest BCUT2D eigenvalue weighted by molar-refractivity contribution is 0.141. The monoisotopic (exact) mass is 242 g/mol. The molecule has 0 aromatic rings. The number of fused-ring (bicyclic) bond motifs is 1. The molecule has 2 fully saturated rings. The fraction of sp³-hybridized carbons (Fsp3) is 0.818. The molecule has 90 valence electrons. The Hall–Kier alpha value is -0.383. The van der Waals surface area contributed by atoms with E-state index in [0.717, 1.165) is 19.3 Å². The zero-order valence-corrected chi connectivity index (χ0v) is 11.0. The summed E-state index contributed by atoms with van der Waals surface area (Å²) in [6.45, 7) is 0. The van der Waals surface area contributed by atoms with Crippen molar-refractivity contribution in [2.45, 2.75) is 31.5 Å². The molecule has 3 unspecified atom stereocenters. The maximum Gasteiger partial charge on any atom is 0.590 e. The standard InChI is InChI=1S/C11H18O4Si/c1-12-16(13-2,14-3)7-6-9-4-5-10-11(8-9)15-10/h9-11H,4-5,8H2,1-3H3. The molecule has 4 nitrogen and oxygen atoms in total. The minimum absolute atomic E-state index is 0.399. The molecule has 3 atom stereocenters. The molecule has 0 spiro atoms. The quantitative estimate of drug-likeness (QED) is 0.420. The number of hydrogen-bond acceptors (Lipinski definition) is 4. The highest BCUT2D eigenvalue weighted by atomic mass is 28.4. The topological polar surface area (TPSA) is 40.2 Å². The normalized spacial score (nSPS) is 32.6. The molecular formula is C11H18O4Si. The van der Waals surface area contributed by atoms with Crippen LogP contribution in [0.5, 0.6) is 0 Å². The maximum absolute atomic E-state index is 5.47. The Morgan fingerprint density at radius 2 is 1.75 bits per heavy atom. The maximum atomic E-state index is 5.47. The van der Waals surface area contributed by atoms with Crippen molar-refractivity contribution in [3.05, 3.63) is 0 Å². The largest absolute Gasteiger partial charge is 0.590 e. The van der Waals surface area contributed by atoms with E-state index in [-0.39, 0.29) is 0 Å². The zero-order chi connectivity index (χ0) is 11.6. The van der Waals surface area contributed by atoms with Gasteiger partial charge in [0.05, 0.1) is 12.2 Å². The van der Waals surface area contributed by atoms with Crippen LogP contribution in [0.4, 0.5) is 0 Å². The average Bonchev–Trinajstić information content (AvgIpc) is 3.10. The predicted octanol–water partition coefficient (Wildman–Crippen LogP) is 0.975. The van der Waals surface area contributed by atoms with Crippen LogP contribution >= 0.6 is 0 Å². The lowest BCUT2D eigenvalue weighted by atomic mass is 9.90. The first kappa shape index (κ1) is 12.1. The summed E-state index contributed by atoms with van der Waals surface area (Å²) in [5, 5.41) is 0. The van der Waals surface area contributed by atoms with Gasteiger partial charge in [-0.05, 0) is 24.8 Å². The SMILES string of the molecule is CO[Si](C#CC1CCC2OC2C1)(OC)OC. The van der Waals surface area contributed by atoms with Crippen LogP contribution in [-0.4, -0.2) is 42.3 Å². The molecule has 0 aromatic heterocycles. The molecule has 1 aliphatic carbocycles. The van der Waals surface area contributed by atoms with E-state index in [4.69, 9.17) is 18.0 Å². The smallest absolute Gasteiger partial charge is 0.370 e. The van der Waals surface area contributed by atoms with Crippen LogP contribution < -0.4 is 0 Å². The molecule has 2 rings (SSSR count). The van der Waals surface area contributed by atoms with Gasteiger partial charge >= 0.3 is 8.80 Å². The van der Waals surface area contributed by atoms with Crippen molar-refractivity contribution in [2.75, 3.05) is 21.3 Å². The van der Waals surface area contributed by atoms with Gasteiger partial charge in [-0.3, -0.25) is 0 Å². The highest BCUT2D eigenvalue weighted by Crippen LogP contribution is 2.39. The van der Waals surface area contributed by atoms with E-state index in [1.165, 1.54) is 0 Å². The third kappa shape index (κ3) is 2.47. The van der Waals surface area contributed by atoms with Crippen LogP contribution in [0, 0.1) is 17.4 Å². The fourth-order valence-corrected chi connectivity index (χ4v) is 3.32. The van der Waals surface area contributed by atoms with E-state index in [2.05, 4.69) is 11.5 Å². The molecule has 1 saturated carbocycles. The summed E-state index contributed by atoms with van der Waals surface area (Å²) in [7, 11) is 2.02. The van der Waals surface area contributed by atoms with Gasteiger partial charge in [0.25, 0.3) is 0 Å². The number of epoxide rings is 1. The van der Waals surface area contributed by atoms with Crippen molar-refractivity contribution in [1.29, 1.82) is 0 Å². The predicted molar refractivity (Wildman–Crippen MR) is 60.6 cm³/mol. The Balaban J connectivity index is 1.96. The molecule has 0 bridgehead atoms. The van der Waals surface area contributed by atoms with Crippen LogP contribution in [0.1, 0.15) is 19.3 Å². The highest BCUT2D eigenvalue weighted by Gasteiger charge is 2.44. The fourth-order valence-electron chi connectivity index (χ4n) is 2.13. The Morgan fingerprint density at radius 1 is 1.06 bits per heavy atom. The average molecular weight is 242 g/mol. The van der Waals surface area contributed by atoms with Gasteiger partial charge in [-0.1, -0.05) is 5.92 Å². The van der Waals surface area contributed by atoms with E-state index in [1.54, 1.807) is 21.3 Å². The molecular weight excluding hydrogens is 224 g/mol. The van der Waals surface area contributed by atoms with Gasteiger partial charge in [-0.25, -0.2) is 0 Å². The minimum atomic E-state index is -2.71. The molecule has 1 aliphatic heterocycles. The second-order valence-electron chi connectivity index (χ2n) is 4.16. The molecule has 1 saturated heterocycles. The van der Waals surface area contributed by atoms with Gasteiger partial charge in [0.15, 0.2) is 0 Å². The second kappa shape index (κ2) is 4.86. The summed E-state index contributed by atoms with van der Waals surface area (Å²) in [5.41, 5.74) is 3.06. The third-order valence-corrected chi connectivity index (χ3v) is 5.30. The van der Waals surface area contributed by atoms with E-state index < -0.39 is 8.80 Å². The Labute approximate surface area is 97.6 Å². The summed E-state index contributed by atoms with van der Waals surface area (Å²) in [4.78, 5) is 0. The number of ether oxygens (including phenoxy) is 1. The summed E-state index contributed by atoms with van der Waals surface area (Å²) < 4.78 is 21.2. The van der Waals surface area contributed by atoms with Crippen LogP contribution in [0.2, 0.25) is 0 Å². The highest BCUT2D eigenvalue weighted by molar-refractivity contribution is 6.69. The molecule has 16 heavy (non-hydrogen) atoms. The van der Waals surface area contributed by atoms with Crippen LogP contribution in [-0.2, 0) is 18.0 Å². The molecule has 0 N–H and O–H groups in total. The first-order valence-corrected chi connectivity index (χ1v) is 7.29. The van der Waals surface area contributed by atoms with E-state index in [1.807, 2.05) is 0 Å². The van der Waals surface area contributed by atoms with Crippen LogP contribution in [0.3, 0.4) is 0 Å². The Bertz CT molecular complexity index is 297. The first-order chi connectivity index (χ1) is 7.73. The Kier molecular flexibility index (Phi) is 3.67. The van der Waals surface area contributed by atoms with Gasteiger partial charge in [0.2, 0.25) is 0 Å². The molecule has 0 radical (unpaired) electrons. The summed E-state index contributed by atoms with van der Waals surface area (Å²) in [6, 6.07) is 0. The van der Waals surface area contributed by atoms with Crippen molar-refractivity contribution in [1.82, 2.24) is 0 Å². The third-order valence-electron chi connectivity index (χ3n) is 3.24. The van der Waals surface area contributed by atoms with Crippen molar-refractivity contribution < 1.29 is 18.0 Å². The van der Waals surface area contributed by atoms with Crippen molar-refractivity contribution in [3.63, 3.8) is 0 Å². The van der Waals surface area contributed by atoms with Crippen molar-refractivity contribution >= 4 is 8.80 Å². The number of hydrogen-bond donors (Lipinski definition) is 0. The molecule has 1 heterocycles. The summed E-state index contributed by atoms with van der Waals surface area (Å²) in [5.74, 6) is 3.63. The van der Waals surface area contributed by atoms with E-state index in [0.29, 0.717) is 18.1 Å². The molecule has 5 heteroatoms. The summed E-state index contributed by atoms with van der Waals surface area (Å²) in [6.07, 6.45) is 4.25. The summed E-state index contributed by atoms with van der Waals surface area (Å²) >= 11 is 0. The minimum Gasteiger partial charge on any atom is -0.370 e. The van der Waals surface area contributed by atoms with Crippen molar-refractivity contribution in [3.8, 4) is 11.5 Å².